The molecule has 1 fully saturated rings. The van der Waals surface area contributed by atoms with E-state index in [1.165, 1.54) is 23.3 Å². The second-order valence-electron chi connectivity index (χ2n) is 7.61. The summed E-state index contributed by atoms with van der Waals surface area (Å²) in [6.07, 6.45) is 6.36. The summed E-state index contributed by atoms with van der Waals surface area (Å²) in [7, 11) is 0. The smallest absolute Gasteiger partial charge is 0.326 e. The molecule has 0 saturated carbocycles. The third-order valence-electron chi connectivity index (χ3n) is 5.95. The van der Waals surface area contributed by atoms with Gasteiger partial charge in [-0.3, -0.25) is 9.36 Å². The predicted molar refractivity (Wildman–Crippen MR) is 108 cm³/mol. The van der Waals surface area contributed by atoms with Crippen molar-refractivity contribution in [1.29, 1.82) is 0 Å². The highest BCUT2D eigenvalue weighted by Crippen LogP contribution is 2.32. The number of thiophene rings is 1. The van der Waals surface area contributed by atoms with E-state index in [4.69, 9.17) is 0 Å². The van der Waals surface area contributed by atoms with Crippen LogP contribution in [-0.2, 0) is 12.8 Å². The molecule has 2 aromatic heterocycles. The van der Waals surface area contributed by atoms with Gasteiger partial charge in [-0.1, -0.05) is 12.1 Å². The van der Waals surface area contributed by atoms with Crippen molar-refractivity contribution in [2.75, 3.05) is 13.1 Å². The number of aromatic amines is 1. The van der Waals surface area contributed by atoms with Gasteiger partial charge in [-0.2, -0.15) is 0 Å². The first-order chi connectivity index (χ1) is 13.2. The molecule has 0 spiro atoms. The van der Waals surface area contributed by atoms with Crippen molar-refractivity contribution in [1.82, 2.24) is 14.5 Å². The Kier molecular flexibility index (Phi) is 4.16. The molecule has 1 aliphatic heterocycles. The summed E-state index contributed by atoms with van der Waals surface area (Å²) in [6, 6.07) is 10.1. The van der Waals surface area contributed by atoms with Crippen LogP contribution in [0.5, 0.6) is 0 Å². The molecule has 3 heterocycles. The molecule has 1 amide bonds. The van der Waals surface area contributed by atoms with Crippen LogP contribution in [0.2, 0.25) is 0 Å². The highest BCUT2D eigenvalue weighted by atomic mass is 32.1. The third-order valence-corrected chi connectivity index (χ3v) is 7.17. The van der Waals surface area contributed by atoms with Gasteiger partial charge in [0.1, 0.15) is 0 Å². The molecule has 3 aromatic rings. The molecule has 2 aliphatic rings. The van der Waals surface area contributed by atoms with Gasteiger partial charge in [0.2, 0.25) is 0 Å². The number of piperidine rings is 1. The van der Waals surface area contributed by atoms with Crippen molar-refractivity contribution in [3.05, 3.63) is 56.1 Å². The molecule has 6 heteroatoms. The lowest BCUT2D eigenvalue weighted by Crippen LogP contribution is -2.40. The summed E-state index contributed by atoms with van der Waals surface area (Å²) in [5.41, 5.74) is 3.17. The van der Waals surface area contributed by atoms with Crippen LogP contribution < -0.4 is 5.69 Å². The van der Waals surface area contributed by atoms with Crippen LogP contribution in [0, 0.1) is 0 Å². The zero-order valence-electron chi connectivity index (χ0n) is 15.2. The number of rotatable bonds is 2. The van der Waals surface area contributed by atoms with Crippen molar-refractivity contribution in [3.63, 3.8) is 0 Å². The number of aryl methyl sites for hydroxylation is 2. The molecule has 1 saturated heterocycles. The van der Waals surface area contributed by atoms with Crippen LogP contribution in [0.1, 0.15) is 51.8 Å². The minimum atomic E-state index is -0.0492. The molecule has 0 atom stereocenters. The number of para-hydroxylation sites is 2. The molecule has 5 nitrogen and oxygen atoms in total. The first-order valence-corrected chi connectivity index (χ1v) is 10.6. The summed E-state index contributed by atoms with van der Waals surface area (Å²) in [5, 5.41) is 0. The second kappa shape index (κ2) is 6.68. The molecule has 0 radical (unpaired) electrons. The van der Waals surface area contributed by atoms with Gasteiger partial charge < -0.3 is 9.88 Å². The number of imidazole rings is 1. The average molecular weight is 382 g/mol. The quantitative estimate of drug-likeness (QED) is 0.735. The maximum absolute atomic E-state index is 13.0. The number of nitrogens with zero attached hydrogens (tertiary/aromatic N) is 2. The number of nitrogens with one attached hydrogen (secondary N) is 1. The van der Waals surface area contributed by atoms with Crippen molar-refractivity contribution in [2.45, 2.75) is 44.6 Å². The standard InChI is InChI=1S/C21H23N3O2S/c25-20(19-13-14-5-1-4-8-18(14)27-19)23-11-9-15(10-12-23)24-17-7-3-2-6-16(17)22-21(24)26/h2-3,6-7,13,15H,1,4-5,8-12H2,(H,22,26). The molecular weight excluding hydrogens is 358 g/mol. The molecule has 1 N–H and O–H groups in total. The summed E-state index contributed by atoms with van der Waals surface area (Å²) in [6.45, 7) is 1.41. The van der Waals surface area contributed by atoms with Gasteiger partial charge in [-0.25, -0.2) is 4.79 Å². The van der Waals surface area contributed by atoms with E-state index in [9.17, 15) is 9.59 Å². The topological polar surface area (TPSA) is 58.1 Å². The number of benzene rings is 1. The molecule has 140 valence electrons. The van der Waals surface area contributed by atoms with Crippen LogP contribution in [-0.4, -0.2) is 33.4 Å². The lowest BCUT2D eigenvalue weighted by Gasteiger charge is -2.32. The summed E-state index contributed by atoms with van der Waals surface area (Å²) < 4.78 is 1.88. The molecule has 1 aromatic carbocycles. The number of carbonyl (C=O) groups excluding carboxylic acids is 1. The SMILES string of the molecule is O=C(c1cc2c(s1)CCCC2)N1CCC(n2c(=O)[nH]c3ccccc32)CC1. The van der Waals surface area contributed by atoms with Gasteiger partial charge in [-0.15, -0.1) is 11.3 Å². The number of hydrogen-bond donors (Lipinski definition) is 1. The van der Waals surface area contributed by atoms with Crippen LogP contribution in [0.4, 0.5) is 0 Å². The van der Waals surface area contributed by atoms with Gasteiger partial charge in [0.15, 0.2) is 0 Å². The minimum Gasteiger partial charge on any atom is -0.338 e. The number of carbonyl (C=O) groups is 1. The van der Waals surface area contributed by atoms with E-state index in [-0.39, 0.29) is 17.6 Å². The van der Waals surface area contributed by atoms with Gasteiger partial charge >= 0.3 is 5.69 Å². The fourth-order valence-corrected chi connectivity index (χ4v) is 5.74. The maximum atomic E-state index is 13.0. The molecule has 1 aliphatic carbocycles. The zero-order valence-corrected chi connectivity index (χ0v) is 16.1. The van der Waals surface area contributed by atoms with Crippen LogP contribution in [0.3, 0.4) is 0 Å². The third kappa shape index (κ3) is 2.92. The van der Waals surface area contributed by atoms with Crippen LogP contribution in [0.25, 0.3) is 11.0 Å². The van der Waals surface area contributed by atoms with Gasteiger partial charge in [0.05, 0.1) is 15.9 Å². The largest absolute Gasteiger partial charge is 0.338 e. The summed E-state index contributed by atoms with van der Waals surface area (Å²) in [4.78, 5) is 32.6. The van der Waals surface area contributed by atoms with Crippen LogP contribution >= 0.6 is 11.3 Å². The van der Waals surface area contributed by atoms with E-state index in [1.54, 1.807) is 11.3 Å². The second-order valence-corrected chi connectivity index (χ2v) is 8.74. The fraction of sp³-hybridized carbons (Fsp3) is 0.429. The number of H-pyrrole nitrogens is 1. The summed E-state index contributed by atoms with van der Waals surface area (Å²) >= 11 is 1.69. The van der Waals surface area contributed by atoms with E-state index in [0.717, 1.165) is 41.6 Å². The first-order valence-electron chi connectivity index (χ1n) is 9.81. The van der Waals surface area contributed by atoms with E-state index in [1.807, 2.05) is 33.7 Å². The van der Waals surface area contributed by atoms with E-state index >= 15 is 0 Å². The number of amides is 1. The molecular formula is C21H23N3O2S. The molecule has 27 heavy (non-hydrogen) atoms. The van der Waals surface area contributed by atoms with Crippen molar-refractivity contribution in [3.8, 4) is 0 Å². The minimum absolute atomic E-state index is 0.0492. The highest BCUT2D eigenvalue weighted by Gasteiger charge is 2.28. The average Bonchev–Trinajstić information content (AvgIpc) is 3.27. The van der Waals surface area contributed by atoms with E-state index in [0.29, 0.717) is 13.1 Å². The molecule has 5 rings (SSSR count). The van der Waals surface area contributed by atoms with Gasteiger partial charge in [-0.05, 0) is 62.3 Å². The highest BCUT2D eigenvalue weighted by molar-refractivity contribution is 7.14. The monoisotopic (exact) mass is 381 g/mol. The van der Waals surface area contributed by atoms with Crippen molar-refractivity contribution >= 4 is 28.3 Å². The Morgan fingerprint density at radius 3 is 2.70 bits per heavy atom. The maximum Gasteiger partial charge on any atom is 0.326 e. The van der Waals surface area contributed by atoms with E-state index in [2.05, 4.69) is 11.1 Å². The predicted octanol–water partition coefficient (Wildman–Crippen LogP) is 3.75. The van der Waals surface area contributed by atoms with E-state index < -0.39 is 0 Å². The fourth-order valence-electron chi connectivity index (χ4n) is 4.52. The van der Waals surface area contributed by atoms with Gasteiger partial charge in [0, 0.05) is 24.0 Å². The molecule has 0 bridgehead atoms. The molecule has 0 unspecified atom stereocenters. The lowest BCUT2D eigenvalue weighted by molar-refractivity contribution is 0.0700. The Hall–Kier alpha value is -2.34. The normalized spacial score (nSPS) is 18.0. The lowest BCUT2D eigenvalue weighted by atomic mass is 9.99. The Morgan fingerprint density at radius 1 is 1.11 bits per heavy atom. The van der Waals surface area contributed by atoms with Gasteiger partial charge in [0.25, 0.3) is 5.91 Å². The Morgan fingerprint density at radius 2 is 1.89 bits per heavy atom. The first kappa shape index (κ1) is 16.8. The van der Waals surface area contributed by atoms with Crippen LogP contribution in [0.15, 0.2) is 35.1 Å². The zero-order chi connectivity index (χ0) is 18.4. The Balaban J connectivity index is 1.32. The van der Waals surface area contributed by atoms with Crippen molar-refractivity contribution in [2.24, 2.45) is 0 Å². The Labute approximate surface area is 161 Å². The number of likely N-dealkylation sites (tertiary alicyclic amines) is 1. The Bertz CT molecular complexity index is 1030. The number of aromatic nitrogens is 2. The number of fused-ring (bicyclic) bond motifs is 2. The number of hydrogen-bond acceptors (Lipinski definition) is 3. The van der Waals surface area contributed by atoms with Crippen molar-refractivity contribution < 1.29 is 4.79 Å². The summed E-state index contributed by atoms with van der Waals surface area (Å²) in [5.74, 6) is 0.166.